The molecule has 4 aromatic rings. The maximum atomic E-state index is 12.8. The van der Waals surface area contributed by atoms with Crippen molar-refractivity contribution in [3.8, 4) is 11.5 Å². The summed E-state index contributed by atoms with van der Waals surface area (Å²) in [7, 11) is 0. The van der Waals surface area contributed by atoms with E-state index >= 15 is 0 Å². The number of amides is 1. The molecule has 1 amide bonds. The van der Waals surface area contributed by atoms with Crippen molar-refractivity contribution in [2.75, 3.05) is 11.1 Å². The third kappa shape index (κ3) is 3.69. The van der Waals surface area contributed by atoms with Gasteiger partial charge in [-0.25, -0.2) is 0 Å². The van der Waals surface area contributed by atoms with Gasteiger partial charge in [-0.15, -0.1) is 10.2 Å². The summed E-state index contributed by atoms with van der Waals surface area (Å²) in [6, 6.07) is 14.9. The Balaban J connectivity index is 1.26. The fourth-order valence-electron chi connectivity index (χ4n) is 3.38. The van der Waals surface area contributed by atoms with Crippen LogP contribution in [-0.2, 0) is 4.79 Å². The summed E-state index contributed by atoms with van der Waals surface area (Å²) in [5.74, 6) is -0.382. The molecule has 0 saturated carbocycles. The lowest BCUT2D eigenvalue weighted by Crippen LogP contribution is -2.21. The maximum Gasteiger partial charge on any atom is 0.277 e. The smallest absolute Gasteiger partial charge is 0.277 e. The number of thioether (sulfide) groups is 1. The van der Waals surface area contributed by atoms with Crippen LogP contribution in [-0.4, -0.2) is 38.4 Å². The number of nitrogens with zero attached hydrogens (tertiary/aromatic N) is 3. The Bertz CT molecular complexity index is 1370. The largest absolute Gasteiger partial charge is 0.411 e. The van der Waals surface area contributed by atoms with Crippen LogP contribution in [0.4, 0.5) is 5.69 Å². The van der Waals surface area contributed by atoms with Crippen molar-refractivity contribution in [1.29, 1.82) is 0 Å². The van der Waals surface area contributed by atoms with E-state index in [0.717, 1.165) is 17.3 Å². The highest BCUT2D eigenvalue weighted by molar-refractivity contribution is 7.99. The number of benzene rings is 2. The minimum atomic E-state index is -0.311. The highest BCUT2D eigenvalue weighted by Gasteiger charge is 2.29. The number of nitrogens with one attached hydrogen (secondary N) is 1. The van der Waals surface area contributed by atoms with Crippen LogP contribution >= 0.6 is 11.8 Å². The molecular formula is C23H14N4O4S. The Labute approximate surface area is 186 Å². The van der Waals surface area contributed by atoms with Crippen molar-refractivity contribution >= 4 is 34.9 Å². The third-order valence-electron chi connectivity index (χ3n) is 4.87. The van der Waals surface area contributed by atoms with Crippen LogP contribution < -0.4 is 5.32 Å². The van der Waals surface area contributed by atoms with E-state index in [1.165, 1.54) is 6.07 Å². The molecule has 0 atom stereocenters. The Morgan fingerprint density at radius 1 is 0.875 bits per heavy atom. The number of ketones is 2. The second-order valence-electron chi connectivity index (χ2n) is 6.91. The normalized spacial score (nSPS) is 12.2. The van der Waals surface area contributed by atoms with Crippen molar-refractivity contribution in [2.45, 2.75) is 5.22 Å². The number of rotatable bonds is 5. The van der Waals surface area contributed by atoms with E-state index in [1.807, 2.05) is 0 Å². The standard InChI is InChI=1S/C23H14N4O4S/c28-19(12-32-23-27-26-22(31-23)13-7-9-24-10-8-13)25-14-5-6-17-18(11-14)21(30)16-4-2-1-3-15(16)20(17)29/h1-11H,12H2,(H,25,28). The van der Waals surface area contributed by atoms with Gasteiger partial charge in [-0.05, 0) is 30.3 Å². The molecule has 0 bridgehead atoms. The van der Waals surface area contributed by atoms with Crippen LogP contribution in [0.15, 0.2) is 76.6 Å². The molecule has 2 heterocycles. The van der Waals surface area contributed by atoms with Crippen molar-refractivity contribution < 1.29 is 18.8 Å². The second-order valence-corrected chi connectivity index (χ2v) is 7.84. The highest BCUT2D eigenvalue weighted by Crippen LogP contribution is 2.29. The quantitative estimate of drug-likeness (QED) is 0.410. The first kappa shape index (κ1) is 19.8. The molecule has 2 aromatic carbocycles. The summed E-state index contributed by atoms with van der Waals surface area (Å²) in [5, 5.41) is 10.9. The van der Waals surface area contributed by atoms with Crippen molar-refractivity contribution in [1.82, 2.24) is 15.2 Å². The molecular weight excluding hydrogens is 428 g/mol. The molecule has 0 unspecified atom stereocenters. The fourth-order valence-corrected chi connectivity index (χ4v) is 3.94. The monoisotopic (exact) mass is 442 g/mol. The van der Waals surface area contributed by atoms with Gasteiger partial charge in [-0.3, -0.25) is 19.4 Å². The summed E-state index contributed by atoms with van der Waals surface area (Å²) < 4.78 is 5.55. The van der Waals surface area contributed by atoms with Crippen LogP contribution in [0.1, 0.15) is 31.8 Å². The van der Waals surface area contributed by atoms with Crippen LogP contribution in [0.25, 0.3) is 11.5 Å². The number of hydrogen-bond acceptors (Lipinski definition) is 8. The summed E-state index contributed by atoms with van der Waals surface area (Å²) in [6.07, 6.45) is 3.24. The molecule has 8 nitrogen and oxygen atoms in total. The molecule has 0 radical (unpaired) electrons. The second kappa shape index (κ2) is 8.20. The van der Waals surface area contributed by atoms with Gasteiger partial charge in [0.2, 0.25) is 11.8 Å². The first-order valence-corrected chi connectivity index (χ1v) is 10.6. The zero-order chi connectivity index (χ0) is 22.1. The number of carbonyl (C=O) groups is 3. The summed E-state index contributed by atoms with van der Waals surface area (Å²) in [5.41, 5.74) is 2.53. The molecule has 1 aliphatic rings. The first-order chi connectivity index (χ1) is 15.6. The number of hydrogen-bond donors (Lipinski definition) is 1. The van der Waals surface area contributed by atoms with Gasteiger partial charge in [0.25, 0.3) is 5.22 Å². The Morgan fingerprint density at radius 2 is 1.56 bits per heavy atom. The minimum Gasteiger partial charge on any atom is -0.411 e. The van der Waals surface area contributed by atoms with E-state index < -0.39 is 0 Å². The van der Waals surface area contributed by atoms with Gasteiger partial charge in [0, 0.05) is 45.9 Å². The van der Waals surface area contributed by atoms with Gasteiger partial charge in [0.1, 0.15) is 0 Å². The molecule has 0 saturated heterocycles. The zero-order valence-electron chi connectivity index (χ0n) is 16.4. The van der Waals surface area contributed by atoms with Gasteiger partial charge in [0.05, 0.1) is 5.75 Å². The lowest BCUT2D eigenvalue weighted by molar-refractivity contribution is -0.113. The summed E-state index contributed by atoms with van der Waals surface area (Å²) in [6.45, 7) is 0. The van der Waals surface area contributed by atoms with Gasteiger partial charge < -0.3 is 9.73 Å². The van der Waals surface area contributed by atoms with Crippen LogP contribution in [0.5, 0.6) is 0 Å². The van der Waals surface area contributed by atoms with Crippen molar-refractivity contribution in [3.63, 3.8) is 0 Å². The molecule has 0 fully saturated rings. The van der Waals surface area contributed by atoms with E-state index in [0.29, 0.717) is 28.3 Å². The van der Waals surface area contributed by atoms with Crippen LogP contribution in [0.2, 0.25) is 0 Å². The summed E-state index contributed by atoms with van der Waals surface area (Å²) in [4.78, 5) is 41.8. The predicted octanol–water partition coefficient (Wildman–Crippen LogP) is 3.64. The molecule has 156 valence electrons. The zero-order valence-corrected chi connectivity index (χ0v) is 17.3. The van der Waals surface area contributed by atoms with E-state index in [2.05, 4.69) is 20.5 Å². The summed E-state index contributed by atoms with van der Waals surface area (Å²) >= 11 is 1.09. The Hall–Kier alpha value is -4.11. The van der Waals surface area contributed by atoms with Gasteiger partial charge in [-0.2, -0.15) is 0 Å². The van der Waals surface area contributed by atoms with E-state index in [-0.39, 0.29) is 34.0 Å². The van der Waals surface area contributed by atoms with E-state index in [9.17, 15) is 14.4 Å². The lowest BCUT2D eigenvalue weighted by Gasteiger charge is -2.18. The molecule has 9 heteroatoms. The third-order valence-corrected chi connectivity index (χ3v) is 5.69. The molecule has 1 aliphatic carbocycles. The first-order valence-electron chi connectivity index (χ1n) is 9.59. The van der Waals surface area contributed by atoms with Crippen LogP contribution in [0.3, 0.4) is 0 Å². The molecule has 0 spiro atoms. The predicted molar refractivity (Wildman–Crippen MR) is 117 cm³/mol. The van der Waals surface area contributed by atoms with Gasteiger partial charge in [0.15, 0.2) is 11.6 Å². The number of aromatic nitrogens is 3. The van der Waals surface area contributed by atoms with Crippen molar-refractivity contribution in [2.24, 2.45) is 0 Å². The van der Waals surface area contributed by atoms with E-state index in [4.69, 9.17) is 4.42 Å². The molecule has 32 heavy (non-hydrogen) atoms. The fraction of sp³-hybridized carbons (Fsp3) is 0.0435. The minimum absolute atomic E-state index is 0.0325. The van der Waals surface area contributed by atoms with Crippen LogP contribution in [0, 0.1) is 0 Å². The molecule has 2 aromatic heterocycles. The number of fused-ring (bicyclic) bond motifs is 2. The average molecular weight is 442 g/mol. The Morgan fingerprint density at radius 3 is 2.31 bits per heavy atom. The topological polar surface area (TPSA) is 115 Å². The van der Waals surface area contributed by atoms with Gasteiger partial charge >= 0.3 is 0 Å². The highest BCUT2D eigenvalue weighted by atomic mass is 32.2. The molecule has 1 N–H and O–H groups in total. The van der Waals surface area contributed by atoms with E-state index in [1.54, 1.807) is 60.9 Å². The SMILES string of the molecule is O=C(CSc1nnc(-c2ccncc2)o1)Nc1ccc2c(c1)C(=O)c1ccccc1C2=O. The number of anilines is 1. The molecule has 5 rings (SSSR count). The lowest BCUT2D eigenvalue weighted by atomic mass is 9.84. The van der Waals surface area contributed by atoms with Gasteiger partial charge in [-0.1, -0.05) is 36.0 Å². The number of pyridine rings is 1. The maximum absolute atomic E-state index is 12.8. The number of carbonyl (C=O) groups excluding carboxylic acids is 3. The van der Waals surface area contributed by atoms with Crippen molar-refractivity contribution in [3.05, 3.63) is 89.2 Å². The Kier molecular flexibility index (Phi) is 5.08. The molecule has 0 aliphatic heterocycles. The average Bonchev–Trinajstić information content (AvgIpc) is 3.31.